The second-order valence-electron chi connectivity index (χ2n) is 6.31. The summed E-state index contributed by atoms with van der Waals surface area (Å²) in [6.07, 6.45) is 0.0814. The molecule has 0 bridgehead atoms. The molecule has 1 rings (SSSR count). The van der Waals surface area contributed by atoms with Crippen molar-refractivity contribution >= 4 is 8.32 Å². The maximum Gasteiger partial charge on any atom is 0.192 e. The fraction of sp³-hybridized carbons (Fsp3) is 1.00. The standard InChI is InChI=1S/C12H26O4Si/c1-12(2,3)17(4,5)16-9-6-7-11(14)15-10(9)8-13/h9-11,13-14H,6-8H2,1-5H3/t9-,10+,11?/m0/s1. The highest BCUT2D eigenvalue weighted by atomic mass is 28.4. The zero-order valence-electron chi connectivity index (χ0n) is 11.6. The van der Waals surface area contributed by atoms with Gasteiger partial charge >= 0.3 is 0 Å². The van der Waals surface area contributed by atoms with Crippen LogP contribution in [0.2, 0.25) is 18.1 Å². The molecule has 1 fully saturated rings. The average molecular weight is 262 g/mol. The molecule has 1 unspecified atom stereocenters. The quantitative estimate of drug-likeness (QED) is 0.762. The van der Waals surface area contributed by atoms with E-state index in [0.717, 1.165) is 6.42 Å². The molecule has 0 spiro atoms. The van der Waals surface area contributed by atoms with Gasteiger partial charge in [-0.15, -0.1) is 0 Å². The molecular formula is C12H26O4Si. The van der Waals surface area contributed by atoms with Crippen molar-refractivity contribution in [2.24, 2.45) is 0 Å². The lowest BCUT2D eigenvalue weighted by Crippen LogP contribution is -2.51. The summed E-state index contributed by atoms with van der Waals surface area (Å²) in [4.78, 5) is 0. The molecule has 1 aliphatic rings. The van der Waals surface area contributed by atoms with Gasteiger partial charge in [0.1, 0.15) is 6.10 Å². The molecule has 4 nitrogen and oxygen atoms in total. The van der Waals surface area contributed by atoms with E-state index in [1.165, 1.54) is 0 Å². The van der Waals surface area contributed by atoms with Crippen LogP contribution >= 0.6 is 0 Å². The lowest BCUT2D eigenvalue weighted by molar-refractivity contribution is -0.204. The van der Waals surface area contributed by atoms with Crippen molar-refractivity contribution in [2.45, 2.75) is 70.2 Å². The van der Waals surface area contributed by atoms with E-state index in [9.17, 15) is 10.2 Å². The van der Waals surface area contributed by atoms with Crippen molar-refractivity contribution in [3.05, 3.63) is 0 Å². The number of aliphatic hydroxyl groups excluding tert-OH is 2. The van der Waals surface area contributed by atoms with Crippen molar-refractivity contribution in [3.8, 4) is 0 Å². The van der Waals surface area contributed by atoms with Gasteiger partial charge in [0.05, 0.1) is 12.7 Å². The predicted molar refractivity (Wildman–Crippen MR) is 69.3 cm³/mol. The minimum atomic E-state index is -1.85. The highest BCUT2D eigenvalue weighted by molar-refractivity contribution is 6.74. The molecule has 0 saturated carbocycles. The largest absolute Gasteiger partial charge is 0.411 e. The van der Waals surface area contributed by atoms with Crippen LogP contribution < -0.4 is 0 Å². The molecule has 1 saturated heterocycles. The van der Waals surface area contributed by atoms with E-state index in [4.69, 9.17) is 9.16 Å². The molecule has 0 amide bonds. The summed E-state index contributed by atoms with van der Waals surface area (Å²) in [5.41, 5.74) is 0. The first-order valence-corrected chi connectivity index (χ1v) is 9.20. The van der Waals surface area contributed by atoms with Gasteiger partial charge in [-0.25, -0.2) is 0 Å². The zero-order chi connectivity index (χ0) is 13.3. The van der Waals surface area contributed by atoms with E-state index >= 15 is 0 Å². The van der Waals surface area contributed by atoms with E-state index < -0.39 is 20.7 Å². The Bertz CT molecular complexity index is 249. The molecule has 0 radical (unpaired) electrons. The molecule has 0 aromatic heterocycles. The van der Waals surface area contributed by atoms with Gasteiger partial charge in [0, 0.05) is 6.42 Å². The van der Waals surface area contributed by atoms with Crippen LogP contribution in [0.1, 0.15) is 33.6 Å². The van der Waals surface area contributed by atoms with Gasteiger partial charge in [0.25, 0.3) is 0 Å². The Balaban J connectivity index is 2.67. The van der Waals surface area contributed by atoms with Crippen LogP contribution in [0.5, 0.6) is 0 Å². The van der Waals surface area contributed by atoms with Gasteiger partial charge in [0.2, 0.25) is 0 Å². The highest BCUT2D eigenvalue weighted by Crippen LogP contribution is 2.39. The molecule has 0 aliphatic carbocycles. The minimum absolute atomic E-state index is 0.0932. The molecule has 2 N–H and O–H groups in total. The van der Waals surface area contributed by atoms with E-state index in [1.807, 2.05) is 0 Å². The zero-order valence-corrected chi connectivity index (χ0v) is 12.6. The molecule has 102 valence electrons. The SMILES string of the molecule is CC(C)(C)[Si](C)(C)O[C@H]1CCC(O)O[C@@H]1CO. The average Bonchev–Trinajstić information content (AvgIpc) is 2.18. The monoisotopic (exact) mass is 262 g/mol. The van der Waals surface area contributed by atoms with Gasteiger partial charge in [-0.05, 0) is 24.6 Å². The first-order valence-electron chi connectivity index (χ1n) is 6.29. The fourth-order valence-corrected chi connectivity index (χ4v) is 3.08. The number of hydrogen-bond donors (Lipinski definition) is 2. The lowest BCUT2D eigenvalue weighted by Gasteiger charge is -2.43. The van der Waals surface area contributed by atoms with Crippen LogP contribution in [0.3, 0.4) is 0 Å². The van der Waals surface area contributed by atoms with Crippen molar-refractivity contribution in [1.82, 2.24) is 0 Å². The first-order chi connectivity index (χ1) is 7.67. The van der Waals surface area contributed by atoms with E-state index in [-0.39, 0.29) is 17.7 Å². The second-order valence-corrected chi connectivity index (χ2v) is 11.1. The maximum atomic E-state index is 9.41. The molecule has 1 heterocycles. The third-order valence-corrected chi connectivity index (χ3v) is 8.38. The van der Waals surface area contributed by atoms with Gasteiger partial charge in [-0.3, -0.25) is 0 Å². The molecular weight excluding hydrogens is 236 g/mol. The summed E-state index contributed by atoms with van der Waals surface area (Å²) < 4.78 is 11.5. The normalized spacial score (nSPS) is 31.6. The summed E-state index contributed by atoms with van der Waals surface area (Å²) in [6.45, 7) is 10.8. The number of aliphatic hydroxyl groups is 2. The highest BCUT2D eigenvalue weighted by Gasteiger charge is 2.42. The van der Waals surface area contributed by atoms with Gasteiger partial charge < -0.3 is 19.4 Å². The van der Waals surface area contributed by atoms with Crippen LogP contribution in [0.25, 0.3) is 0 Å². The van der Waals surface area contributed by atoms with Gasteiger partial charge in [0.15, 0.2) is 14.6 Å². The summed E-state index contributed by atoms with van der Waals surface area (Å²) >= 11 is 0. The molecule has 0 aromatic rings. The maximum absolute atomic E-state index is 9.41. The summed E-state index contributed by atoms with van der Waals surface area (Å²) in [5.74, 6) is 0. The van der Waals surface area contributed by atoms with Crippen LogP contribution in [-0.4, -0.2) is 43.6 Å². The van der Waals surface area contributed by atoms with Crippen molar-refractivity contribution in [1.29, 1.82) is 0 Å². The number of hydrogen-bond acceptors (Lipinski definition) is 4. The number of ether oxygens (including phenoxy) is 1. The van der Waals surface area contributed by atoms with E-state index in [0.29, 0.717) is 6.42 Å². The molecule has 0 aromatic carbocycles. The summed E-state index contributed by atoms with van der Waals surface area (Å²) in [7, 11) is -1.85. The van der Waals surface area contributed by atoms with Crippen molar-refractivity contribution in [3.63, 3.8) is 0 Å². The van der Waals surface area contributed by atoms with Gasteiger partial charge in [-0.1, -0.05) is 20.8 Å². The van der Waals surface area contributed by atoms with Crippen LogP contribution in [-0.2, 0) is 9.16 Å². The second kappa shape index (κ2) is 5.36. The van der Waals surface area contributed by atoms with Crippen LogP contribution in [0.15, 0.2) is 0 Å². The van der Waals surface area contributed by atoms with Crippen LogP contribution in [0, 0.1) is 0 Å². The molecule has 5 heteroatoms. The first kappa shape index (κ1) is 15.1. The third-order valence-electron chi connectivity index (χ3n) is 3.88. The Labute approximate surface area is 105 Å². The fourth-order valence-electron chi connectivity index (χ4n) is 1.70. The van der Waals surface area contributed by atoms with Crippen molar-refractivity contribution < 1.29 is 19.4 Å². The number of rotatable bonds is 3. The van der Waals surface area contributed by atoms with Gasteiger partial charge in [-0.2, -0.15) is 0 Å². The minimum Gasteiger partial charge on any atom is -0.411 e. The summed E-state index contributed by atoms with van der Waals surface area (Å²) in [5, 5.41) is 18.8. The Kier molecular flexibility index (Phi) is 4.77. The Morgan fingerprint density at radius 1 is 1.29 bits per heavy atom. The molecule has 3 atom stereocenters. The van der Waals surface area contributed by atoms with Crippen molar-refractivity contribution in [2.75, 3.05) is 6.61 Å². The predicted octanol–water partition coefficient (Wildman–Crippen LogP) is 1.87. The van der Waals surface area contributed by atoms with E-state index in [1.54, 1.807) is 0 Å². The molecule has 1 aliphatic heterocycles. The lowest BCUT2D eigenvalue weighted by atomic mass is 10.1. The van der Waals surface area contributed by atoms with Crippen LogP contribution in [0.4, 0.5) is 0 Å². The van der Waals surface area contributed by atoms with E-state index in [2.05, 4.69) is 33.9 Å². The Morgan fingerprint density at radius 2 is 1.88 bits per heavy atom. The Hall–Kier alpha value is 0.0569. The molecule has 17 heavy (non-hydrogen) atoms. The third kappa shape index (κ3) is 3.76. The Morgan fingerprint density at radius 3 is 2.35 bits per heavy atom. The topological polar surface area (TPSA) is 58.9 Å². The summed E-state index contributed by atoms with van der Waals surface area (Å²) in [6, 6.07) is 0. The smallest absolute Gasteiger partial charge is 0.192 e.